The lowest BCUT2D eigenvalue weighted by molar-refractivity contribution is -0.937. The maximum Gasteiger partial charge on any atom is 0.128 e. The van der Waals surface area contributed by atoms with Crippen LogP contribution in [0, 0.1) is 0 Å². The number of quaternary nitrogens is 1. The minimum atomic E-state index is -0.924. The van der Waals surface area contributed by atoms with Crippen LogP contribution in [-0.4, -0.2) is 25.7 Å². The number of methoxy groups -OCH3 is 1. The molecule has 1 saturated heterocycles. The molecule has 4 nitrogen and oxygen atoms in total. The average Bonchev–Trinajstić information content (AvgIpc) is 2.39. The molecule has 0 bridgehead atoms. The van der Waals surface area contributed by atoms with Crippen LogP contribution in [0.15, 0.2) is 24.3 Å². The van der Waals surface area contributed by atoms with Crippen molar-refractivity contribution in [3.63, 3.8) is 0 Å². The second-order valence-electron chi connectivity index (χ2n) is 4.80. The minimum absolute atomic E-state index is 0.370. The summed E-state index contributed by atoms with van der Waals surface area (Å²) in [6, 6.07) is 7.44. The van der Waals surface area contributed by atoms with Crippen molar-refractivity contribution in [1.29, 1.82) is 0 Å². The van der Waals surface area contributed by atoms with E-state index in [2.05, 4.69) is 0 Å². The molecule has 2 atom stereocenters. The van der Waals surface area contributed by atoms with Gasteiger partial charge >= 0.3 is 0 Å². The molecule has 0 amide bonds. The Kier molecular flexibility index (Phi) is 4.20. The number of piperidine rings is 1. The lowest BCUT2D eigenvalue weighted by Crippen LogP contribution is -3.17. The lowest BCUT2D eigenvalue weighted by Gasteiger charge is -2.33. The van der Waals surface area contributed by atoms with Gasteiger partial charge in [0.15, 0.2) is 0 Å². The van der Waals surface area contributed by atoms with Gasteiger partial charge in [-0.1, -0.05) is 12.1 Å². The summed E-state index contributed by atoms with van der Waals surface area (Å²) < 4.78 is 5.18. The number of likely N-dealkylation sites (tertiary alicyclic amines) is 1. The SMILES string of the molecule is COc1cccc(C[NH+]2CCCC[C@H]2C(=O)[O-])c1. The fraction of sp³-hybridized carbons (Fsp3) is 0.500. The highest BCUT2D eigenvalue weighted by Crippen LogP contribution is 2.12. The van der Waals surface area contributed by atoms with E-state index in [1.165, 1.54) is 0 Å². The molecular formula is C14H19NO3. The number of benzene rings is 1. The minimum Gasteiger partial charge on any atom is -0.544 e. The fourth-order valence-corrected chi connectivity index (χ4v) is 2.62. The van der Waals surface area contributed by atoms with Gasteiger partial charge in [-0.05, 0) is 25.0 Å². The summed E-state index contributed by atoms with van der Waals surface area (Å²) in [7, 11) is 1.64. The third-order valence-electron chi connectivity index (χ3n) is 3.58. The van der Waals surface area contributed by atoms with Gasteiger partial charge in [-0.15, -0.1) is 0 Å². The molecule has 1 aliphatic heterocycles. The van der Waals surface area contributed by atoms with Gasteiger partial charge < -0.3 is 19.5 Å². The number of hydrogen-bond acceptors (Lipinski definition) is 3. The highest BCUT2D eigenvalue weighted by atomic mass is 16.5. The molecule has 0 aliphatic carbocycles. The molecule has 1 unspecified atom stereocenters. The number of rotatable bonds is 4. The third kappa shape index (κ3) is 3.01. The number of carboxylic acid groups (broad SMARTS) is 1. The monoisotopic (exact) mass is 249 g/mol. The molecule has 1 fully saturated rings. The second kappa shape index (κ2) is 5.87. The van der Waals surface area contributed by atoms with Crippen LogP contribution < -0.4 is 14.7 Å². The van der Waals surface area contributed by atoms with E-state index < -0.39 is 5.97 Å². The number of hydrogen-bond donors (Lipinski definition) is 1. The predicted molar refractivity (Wildman–Crippen MR) is 65.2 cm³/mol. The van der Waals surface area contributed by atoms with Gasteiger partial charge in [-0.25, -0.2) is 0 Å². The van der Waals surface area contributed by atoms with Crippen molar-refractivity contribution < 1.29 is 19.5 Å². The average molecular weight is 249 g/mol. The third-order valence-corrected chi connectivity index (χ3v) is 3.58. The van der Waals surface area contributed by atoms with Gasteiger partial charge in [0, 0.05) is 12.0 Å². The predicted octanol–water partition coefficient (Wildman–Crippen LogP) is -0.617. The Morgan fingerprint density at radius 3 is 3.06 bits per heavy atom. The maximum absolute atomic E-state index is 11.1. The first-order chi connectivity index (χ1) is 8.70. The van der Waals surface area contributed by atoms with Crippen molar-refractivity contribution in [2.24, 2.45) is 0 Å². The molecule has 1 aliphatic rings. The van der Waals surface area contributed by atoms with Crippen molar-refractivity contribution >= 4 is 5.97 Å². The summed E-state index contributed by atoms with van der Waals surface area (Å²) in [6.45, 7) is 1.62. The van der Waals surface area contributed by atoms with Crippen molar-refractivity contribution in [3.8, 4) is 5.75 Å². The normalized spacial score (nSPS) is 23.6. The number of nitrogens with one attached hydrogen (secondary N) is 1. The summed E-state index contributed by atoms with van der Waals surface area (Å²) in [5.41, 5.74) is 1.11. The van der Waals surface area contributed by atoms with Crippen LogP contribution in [0.3, 0.4) is 0 Å². The highest BCUT2D eigenvalue weighted by molar-refractivity contribution is 5.69. The smallest absolute Gasteiger partial charge is 0.128 e. The van der Waals surface area contributed by atoms with Crippen molar-refractivity contribution in [2.45, 2.75) is 31.8 Å². The van der Waals surface area contributed by atoms with E-state index in [1.54, 1.807) is 7.11 Å². The zero-order chi connectivity index (χ0) is 13.0. The molecule has 98 valence electrons. The summed E-state index contributed by atoms with van der Waals surface area (Å²) >= 11 is 0. The van der Waals surface area contributed by atoms with E-state index in [4.69, 9.17) is 4.74 Å². The van der Waals surface area contributed by atoms with Gasteiger partial charge in [0.1, 0.15) is 18.3 Å². The van der Waals surface area contributed by atoms with Gasteiger partial charge in [0.05, 0.1) is 19.6 Å². The summed E-state index contributed by atoms with van der Waals surface area (Å²) in [5.74, 6) is -0.110. The molecule has 0 spiro atoms. The standard InChI is InChI=1S/C14H19NO3/c1-18-12-6-4-5-11(9-12)10-15-8-3-2-7-13(15)14(16)17/h4-6,9,13H,2-3,7-8,10H2,1H3,(H,16,17)/t13-/m0/s1. The van der Waals surface area contributed by atoms with E-state index in [-0.39, 0.29) is 6.04 Å². The number of carbonyl (C=O) groups excluding carboxylic acids is 1. The Labute approximate surface area is 107 Å². The summed E-state index contributed by atoms with van der Waals surface area (Å²) in [4.78, 5) is 12.2. The number of aliphatic carboxylic acids is 1. The van der Waals surface area contributed by atoms with Crippen LogP contribution in [0.4, 0.5) is 0 Å². The van der Waals surface area contributed by atoms with Crippen LogP contribution in [-0.2, 0) is 11.3 Å². The second-order valence-corrected chi connectivity index (χ2v) is 4.80. The van der Waals surface area contributed by atoms with Gasteiger partial charge in [-0.2, -0.15) is 0 Å². The van der Waals surface area contributed by atoms with Crippen LogP contribution >= 0.6 is 0 Å². The van der Waals surface area contributed by atoms with Crippen molar-refractivity contribution in [3.05, 3.63) is 29.8 Å². The Balaban J connectivity index is 2.08. The van der Waals surface area contributed by atoms with E-state index in [9.17, 15) is 9.90 Å². The molecule has 1 aromatic rings. The lowest BCUT2D eigenvalue weighted by atomic mass is 10.0. The molecular weight excluding hydrogens is 230 g/mol. The Morgan fingerprint density at radius 2 is 2.33 bits per heavy atom. The Morgan fingerprint density at radius 1 is 1.50 bits per heavy atom. The van der Waals surface area contributed by atoms with E-state index >= 15 is 0 Å². The molecule has 0 aromatic heterocycles. The van der Waals surface area contributed by atoms with Gasteiger partial charge in [0.25, 0.3) is 0 Å². The Hall–Kier alpha value is -1.55. The molecule has 1 heterocycles. The van der Waals surface area contributed by atoms with E-state index in [0.29, 0.717) is 0 Å². The number of carbonyl (C=O) groups is 1. The topological polar surface area (TPSA) is 53.8 Å². The number of ether oxygens (including phenoxy) is 1. The first kappa shape index (κ1) is 12.9. The maximum atomic E-state index is 11.1. The zero-order valence-corrected chi connectivity index (χ0v) is 10.6. The molecule has 1 aromatic carbocycles. The summed E-state index contributed by atoms with van der Waals surface area (Å²) in [6.07, 6.45) is 2.80. The van der Waals surface area contributed by atoms with Crippen LogP contribution in [0.5, 0.6) is 5.75 Å². The van der Waals surface area contributed by atoms with Crippen LogP contribution in [0.2, 0.25) is 0 Å². The van der Waals surface area contributed by atoms with Gasteiger partial charge in [0.2, 0.25) is 0 Å². The molecule has 2 rings (SSSR count). The first-order valence-corrected chi connectivity index (χ1v) is 6.39. The molecule has 4 heteroatoms. The quantitative estimate of drug-likeness (QED) is 0.774. The molecule has 0 radical (unpaired) electrons. The van der Waals surface area contributed by atoms with E-state index in [0.717, 1.165) is 48.6 Å². The highest BCUT2D eigenvalue weighted by Gasteiger charge is 2.27. The van der Waals surface area contributed by atoms with Crippen molar-refractivity contribution in [2.75, 3.05) is 13.7 Å². The van der Waals surface area contributed by atoms with Gasteiger partial charge in [-0.3, -0.25) is 0 Å². The molecule has 18 heavy (non-hydrogen) atoms. The van der Waals surface area contributed by atoms with Crippen LogP contribution in [0.1, 0.15) is 24.8 Å². The fourth-order valence-electron chi connectivity index (χ4n) is 2.62. The number of carboxylic acids is 1. The Bertz CT molecular complexity index is 419. The summed E-state index contributed by atoms with van der Waals surface area (Å²) in [5, 5.41) is 11.1. The molecule has 0 saturated carbocycles. The van der Waals surface area contributed by atoms with Crippen LogP contribution in [0.25, 0.3) is 0 Å². The van der Waals surface area contributed by atoms with Crippen molar-refractivity contribution in [1.82, 2.24) is 0 Å². The molecule has 1 N–H and O–H groups in total. The first-order valence-electron chi connectivity index (χ1n) is 6.39. The zero-order valence-electron chi connectivity index (χ0n) is 10.6. The van der Waals surface area contributed by atoms with E-state index in [1.807, 2.05) is 24.3 Å². The largest absolute Gasteiger partial charge is 0.544 e.